The number of piperidine rings is 1. The smallest absolute Gasteiger partial charge is 0.227 e. The van der Waals surface area contributed by atoms with Gasteiger partial charge in [-0.3, -0.25) is 9.69 Å². The van der Waals surface area contributed by atoms with Crippen LogP contribution in [0.2, 0.25) is 15.1 Å². The molecule has 1 atom stereocenters. The van der Waals surface area contributed by atoms with Gasteiger partial charge in [-0.25, -0.2) is 4.98 Å². The quantitative estimate of drug-likeness (QED) is 0.251. The molecule has 40 heavy (non-hydrogen) atoms. The Kier molecular flexibility index (Phi) is 8.22. The van der Waals surface area contributed by atoms with Gasteiger partial charge < -0.3 is 14.4 Å². The Bertz CT molecular complexity index is 1500. The molecule has 0 N–H and O–H groups in total. The topological polar surface area (TPSA) is 44.6 Å². The van der Waals surface area contributed by atoms with Gasteiger partial charge in [-0.2, -0.15) is 0 Å². The van der Waals surface area contributed by atoms with Crippen molar-refractivity contribution in [2.24, 2.45) is 5.92 Å². The number of aromatic nitrogens is 2. The maximum atomic E-state index is 13.6. The maximum absolute atomic E-state index is 13.6. The second-order valence-corrected chi connectivity index (χ2v) is 11.9. The minimum atomic E-state index is 0.00384. The van der Waals surface area contributed by atoms with Crippen molar-refractivity contribution in [1.82, 2.24) is 19.4 Å². The molecular formula is C31H32Cl3N5O. The Hall–Kier alpha value is -2.77. The van der Waals surface area contributed by atoms with Gasteiger partial charge in [-0.15, -0.1) is 0 Å². The van der Waals surface area contributed by atoms with Crippen molar-refractivity contribution in [3.63, 3.8) is 0 Å². The van der Waals surface area contributed by atoms with Crippen molar-refractivity contribution < 1.29 is 4.79 Å². The molecule has 1 aromatic heterocycles. The molecule has 0 spiro atoms. The molecule has 0 bridgehead atoms. The summed E-state index contributed by atoms with van der Waals surface area (Å²) in [6.45, 7) is 6.04. The van der Waals surface area contributed by atoms with E-state index in [1.807, 2.05) is 35.2 Å². The van der Waals surface area contributed by atoms with Crippen LogP contribution in [-0.2, 0) is 17.9 Å². The van der Waals surface area contributed by atoms with Gasteiger partial charge in [0.1, 0.15) is 5.82 Å². The van der Waals surface area contributed by atoms with E-state index in [1.54, 1.807) is 6.07 Å². The number of likely N-dealkylation sites (tertiary alicyclic amines) is 1. The Labute approximate surface area is 250 Å². The first-order valence-corrected chi connectivity index (χ1v) is 15.0. The fraction of sp³-hybridized carbons (Fsp3) is 0.355. The lowest BCUT2D eigenvalue weighted by Crippen LogP contribution is -2.52. The van der Waals surface area contributed by atoms with Crippen molar-refractivity contribution in [2.45, 2.75) is 25.9 Å². The van der Waals surface area contributed by atoms with E-state index in [4.69, 9.17) is 39.8 Å². The second kappa shape index (κ2) is 12.0. The number of piperazine rings is 1. The lowest BCUT2D eigenvalue weighted by Gasteiger charge is -2.40. The fourth-order valence-corrected chi connectivity index (χ4v) is 6.50. The van der Waals surface area contributed by atoms with Crippen LogP contribution in [0.5, 0.6) is 0 Å². The molecule has 208 valence electrons. The van der Waals surface area contributed by atoms with Crippen molar-refractivity contribution in [3.8, 4) is 0 Å². The van der Waals surface area contributed by atoms with Gasteiger partial charge in [-0.05, 0) is 61.3 Å². The molecule has 4 aromatic rings. The Morgan fingerprint density at radius 3 is 2.42 bits per heavy atom. The minimum absolute atomic E-state index is 0.00384. The molecule has 9 heteroatoms. The van der Waals surface area contributed by atoms with Gasteiger partial charge in [0.25, 0.3) is 0 Å². The summed E-state index contributed by atoms with van der Waals surface area (Å²) in [6.07, 6.45) is 1.93. The number of anilines is 1. The van der Waals surface area contributed by atoms with E-state index in [1.165, 1.54) is 5.56 Å². The number of imidazole rings is 1. The van der Waals surface area contributed by atoms with Gasteiger partial charge in [0.15, 0.2) is 0 Å². The highest BCUT2D eigenvalue weighted by Crippen LogP contribution is 2.33. The summed E-state index contributed by atoms with van der Waals surface area (Å²) in [5, 5.41) is 1.87. The molecule has 3 heterocycles. The molecule has 2 aliphatic heterocycles. The summed E-state index contributed by atoms with van der Waals surface area (Å²) in [6, 6.07) is 22.0. The van der Waals surface area contributed by atoms with Gasteiger partial charge in [0, 0.05) is 44.3 Å². The SMILES string of the molecule is O=C([C@H]1CCCN(Cc2nc3ccccc3n2Cc2ccc(Cl)cc2)C1)N1CCN(c2cccc(Cl)c2Cl)CC1. The first-order valence-electron chi connectivity index (χ1n) is 13.8. The molecule has 0 unspecified atom stereocenters. The first kappa shape index (κ1) is 27.4. The zero-order valence-corrected chi connectivity index (χ0v) is 24.5. The molecule has 0 saturated carbocycles. The summed E-state index contributed by atoms with van der Waals surface area (Å²) in [7, 11) is 0. The van der Waals surface area contributed by atoms with Crippen molar-refractivity contribution >= 4 is 57.4 Å². The first-order chi connectivity index (χ1) is 19.5. The molecule has 0 radical (unpaired) electrons. The molecule has 1 amide bonds. The Morgan fingerprint density at radius 1 is 0.850 bits per heavy atom. The van der Waals surface area contributed by atoms with Crippen LogP contribution in [0, 0.1) is 5.92 Å². The minimum Gasteiger partial charge on any atom is -0.367 e. The molecule has 2 saturated heterocycles. The van der Waals surface area contributed by atoms with Crippen LogP contribution < -0.4 is 4.90 Å². The predicted molar refractivity (Wildman–Crippen MR) is 164 cm³/mol. The van der Waals surface area contributed by atoms with Gasteiger partial charge in [-0.1, -0.05) is 65.1 Å². The molecule has 2 aliphatic rings. The number of fused-ring (bicyclic) bond motifs is 1. The van der Waals surface area contributed by atoms with Gasteiger partial charge >= 0.3 is 0 Å². The van der Waals surface area contributed by atoms with Crippen LogP contribution in [0.1, 0.15) is 24.2 Å². The molecule has 6 rings (SSSR count). The molecule has 3 aromatic carbocycles. The average Bonchev–Trinajstić information content (AvgIpc) is 3.32. The number of carbonyl (C=O) groups excluding carboxylic acids is 1. The largest absolute Gasteiger partial charge is 0.367 e. The number of amides is 1. The number of rotatable bonds is 6. The third-order valence-corrected chi connectivity index (χ3v) is 9.13. The summed E-state index contributed by atoms with van der Waals surface area (Å²) in [5.74, 6) is 1.29. The number of halogens is 3. The van der Waals surface area contributed by atoms with Crippen LogP contribution in [0.15, 0.2) is 66.7 Å². The van der Waals surface area contributed by atoms with E-state index in [-0.39, 0.29) is 11.8 Å². The zero-order chi connectivity index (χ0) is 27.6. The zero-order valence-electron chi connectivity index (χ0n) is 22.3. The van der Waals surface area contributed by atoms with Gasteiger partial charge in [0.05, 0.1) is 39.2 Å². The van der Waals surface area contributed by atoms with Crippen LogP contribution in [0.4, 0.5) is 5.69 Å². The summed E-state index contributed by atoms with van der Waals surface area (Å²) >= 11 is 18.8. The van der Waals surface area contributed by atoms with E-state index in [2.05, 4.69) is 44.7 Å². The van der Waals surface area contributed by atoms with Crippen LogP contribution in [0.3, 0.4) is 0 Å². The lowest BCUT2D eigenvalue weighted by atomic mass is 9.96. The van der Waals surface area contributed by atoms with E-state index in [9.17, 15) is 4.79 Å². The predicted octanol–water partition coefficient (Wildman–Crippen LogP) is 6.61. The molecular weight excluding hydrogens is 565 g/mol. The van der Waals surface area contributed by atoms with Crippen LogP contribution in [-0.4, -0.2) is 64.5 Å². The van der Waals surface area contributed by atoms with Crippen LogP contribution in [0.25, 0.3) is 11.0 Å². The van der Waals surface area contributed by atoms with Gasteiger partial charge in [0.2, 0.25) is 5.91 Å². The van der Waals surface area contributed by atoms with Crippen molar-refractivity contribution in [3.05, 3.63) is 93.2 Å². The highest BCUT2D eigenvalue weighted by Gasteiger charge is 2.32. The normalized spacial score (nSPS) is 18.4. The summed E-state index contributed by atoms with van der Waals surface area (Å²) in [5.41, 5.74) is 4.23. The number of para-hydroxylation sites is 2. The standard InChI is InChI=1S/C31H32Cl3N5O/c32-24-12-10-22(11-13-24)19-39-27-8-2-1-7-26(27)35-29(39)21-36-14-4-5-23(20-36)31(40)38-17-15-37(16-18-38)28-9-3-6-25(33)30(28)34/h1-3,6-13,23H,4-5,14-21H2/t23-/m0/s1. The number of nitrogens with zero attached hydrogens (tertiary/aromatic N) is 5. The number of hydrogen-bond donors (Lipinski definition) is 0. The third-order valence-electron chi connectivity index (χ3n) is 8.07. The van der Waals surface area contributed by atoms with Crippen molar-refractivity contribution in [1.29, 1.82) is 0 Å². The third kappa shape index (κ3) is 5.82. The number of hydrogen-bond acceptors (Lipinski definition) is 4. The Balaban J connectivity index is 1.12. The number of benzene rings is 3. The van der Waals surface area contributed by atoms with E-state index < -0.39 is 0 Å². The fourth-order valence-electron chi connectivity index (χ4n) is 5.96. The second-order valence-electron chi connectivity index (χ2n) is 10.7. The van der Waals surface area contributed by atoms with E-state index in [0.29, 0.717) is 29.7 Å². The molecule has 6 nitrogen and oxygen atoms in total. The highest BCUT2D eigenvalue weighted by molar-refractivity contribution is 6.43. The lowest BCUT2D eigenvalue weighted by molar-refractivity contribution is -0.137. The number of carbonyl (C=O) groups is 1. The monoisotopic (exact) mass is 595 g/mol. The Morgan fingerprint density at radius 2 is 1.62 bits per heavy atom. The molecule has 2 fully saturated rings. The molecule has 0 aliphatic carbocycles. The van der Waals surface area contributed by atoms with E-state index in [0.717, 1.165) is 73.1 Å². The summed E-state index contributed by atoms with van der Waals surface area (Å²) < 4.78 is 2.30. The maximum Gasteiger partial charge on any atom is 0.227 e. The van der Waals surface area contributed by atoms with E-state index >= 15 is 0 Å². The highest BCUT2D eigenvalue weighted by atomic mass is 35.5. The van der Waals surface area contributed by atoms with Crippen LogP contribution >= 0.6 is 34.8 Å². The summed E-state index contributed by atoms with van der Waals surface area (Å²) in [4.78, 5) is 25.2. The van der Waals surface area contributed by atoms with Crippen molar-refractivity contribution in [2.75, 3.05) is 44.2 Å². The average molecular weight is 597 g/mol.